The van der Waals surface area contributed by atoms with Gasteiger partial charge >= 0.3 is 0 Å². The molecule has 1 aliphatic carbocycles. The third kappa shape index (κ3) is 5.26. The van der Waals surface area contributed by atoms with E-state index in [1.165, 1.54) is 43.3 Å². The third-order valence-electron chi connectivity index (χ3n) is 6.61. The van der Waals surface area contributed by atoms with Gasteiger partial charge in [0.15, 0.2) is 0 Å². The zero-order valence-electron chi connectivity index (χ0n) is 21.4. The van der Waals surface area contributed by atoms with E-state index in [2.05, 4.69) is 48.4 Å². The van der Waals surface area contributed by atoms with Crippen LogP contribution in [0.15, 0.2) is 36.5 Å². The van der Waals surface area contributed by atoms with Gasteiger partial charge in [-0.2, -0.15) is 4.98 Å². The Morgan fingerprint density at radius 2 is 1.95 bits per heavy atom. The van der Waals surface area contributed by atoms with Crippen molar-refractivity contribution in [1.29, 1.82) is 0 Å². The minimum absolute atomic E-state index is 0.0939. The minimum atomic E-state index is -1.49. The standard InChI is InChI=1S/C27H32FN7O2/c1-15(2)31-24(36)18-14-29-25(32-17-5-6-19-16(13-17)9-12-30-27(19)10-11-27)35-23(18)34-21-8-7-20(28)22(33-21)26(3,4)37/h5-8,13-15,30,37H,9-12H2,1-4H3,(H,31,36)(H2,29,32,33,34,35). The summed E-state index contributed by atoms with van der Waals surface area (Å²) in [5.74, 6) is -0.252. The minimum Gasteiger partial charge on any atom is -0.384 e. The van der Waals surface area contributed by atoms with Crippen LogP contribution >= 0.6 is 0 Å². The molecule has 3 heterocycles. The van der Waals surface area contributed by atoms with Crippen LogP contribution in [0, 0.1) is 5.82 Å². The number of anilines is 4. The molecule has 1 fully saturated rings. The smallest absolute Gasteiger partial charge is 0.256 e. The Morgan fingerprint density at radius 1 is 1.16 bits per heavy atom. The van der Waals surface area contributed by atoms with Crippen LogP contribution in [0.2, 0.25) is 0 Å². The SMILES string of the molecule is CC(C)NC(=O)c1cnc(Nc2ccc3c(c2)CCNC32CC2)nc1Nc1ccc(F)c(C(C)(C)O)n1. The fraction of sp³-hybridized carbons (Fsp3) is 0.407. The molecule has 0 saturated heterocycles. The van der Waals surface area contributed by atoms with Crippen molar-refractivity contribution in [1.82, 2.24) is 25.6 Å². The monoisotopic (exact) mass is 505 g/mol. The van der Waals surface area contributed by atoms with Crippen molar-refractivity contribution in [2.75, 3.05) is 17.2 Å². The number of nitrogens with zero attached hydrogens (tertiary/aromatic N) is 3. The summed E-state index contributed by atoms with van der Waals surface area (Å²) in [5, 5.41) is 23.0. The zero-order chi connectivity index (χ0) is 26.4. The zero-order valence-corrected chi connectivity index (χ0v) is 21.4. The molecule has 1 aliphatic heterocycles. The van der Waals surface area contributed by atoms with Crippen molar-refractivity contribution in [3.63, 3.8) is 0 Å². The van der Waals surface area contributed by atoms with Gasteiger partial charge in [-0.15, -0.1) is 0 Å². The largest absolute Gasteiger partial charge is 0.384 e. The lowest BCUT2D eigenvalue weighted by Gasteiger charge is -2.27. The maximum atomic E-state index is 14.3. The van der Waals surface area contributed by atoms with Gasteiger partial charge in [0, 0.05) is 30.0 Å². The number of nitrogens with one attached hydrogen (secondary N) is 4. The van der Waals surface area contributed by atoms with Crippen LogP contribution in [0.3, 0.4) is 0 Å². The summed E-state index contributed by atoms with van der Waals surface area (Å²) >= 11 is 0. The summed E-state index contributed by atoms with van der Waals surface area (Å²) in [7, 11) is 0. The molecule has 1 amide bonds. The van der Waals surface area contributed by atoms with Crippen molar-refractivity contribution in [3.8, 4) is 0 Å². The third-order valence-corrected chi connectivity index (χ3v) is 6.61. The molecule has 9 nitrogen and oxygen atoms in total. The van der Waals surface area contributed by atoms with Gasteiger partial charge < -0.3 is 26.4 Å². The van der Waals surface area contributed by atoms with Crippen LogP contribution in [0.5, 0.6) is 0 Å². The molecule has 0 unspecified atom stereocenters. The molecule has 10 heteroatoms. The topological polar surface area (TPSA) is 124 Å². The fourth-order valence-corrected chi connectivity index (χ4v) is 4.68. The number of carbonyl (C=O) groups excluding carboxylic acids is 1. The Morgan fingerprint density at radius 3 is 2.65 bits per heavy atom. The number of halogens is 1. The van der Waals surface area contributed by atoms with Gasteiger partial charge in [-0.25, -0.2) is 14.4 Å². The predicted molar refractivity (Wildman–Crippen MR) is 140 cm³/mol. The van der Waals surface area contributed by atoms with Crippen LogP contribution in [-0.2, 0) is 17.6 Å². The van der Waals surface area contributed by atoms with E-state index < -0.39 is 11.4 Å². The first-order valence-corrected chi connectivity index (χ1v) is 12.5. The van der Waals surface area contributed by atoms with Crippen molar-refractivity contribution in [2.24, 2.45) is 0 Å². The van der Waals surface area contributed by atoms with Gasteiger partial charge in [0.1, 0.15) is 34.3 Å². The average molecular weight is 506 g/mol. The molecular formula is C27H32FN7O2. The van der Waals surface area contributed by atoms with E-state index >= 15 is 0 Å². The Balaban J connectivity index is 1.46. The number of benzene rings is 1. The summed E-state index contributed by atoms with van der Waals surface area (Å²) in [6, 6.07) is 8.84. The normalized spacial score (nSPS) is 15.9. The second-order valence-electron chi connectivity index (χ2n) is 10.6. The predicted octanol–water partition coefficient (Wildman–Crippen LogP) is 4.00. The van der Waals surface area contributed by atoms with Gasteiger partial charge in [-0.3, -0.25) is 4.79 Å². The van der Waals surface area contributed by atoms with Gasteiger partial charge in [-0.05, 0) is 82.3 Å². The molecule has 0 radical (unpaired) electrons. The van der Waals surface area contributed by atoms with Crippen molar-refractivity contribution < 1.29 is 14.3 Å². The number of amides is 1. The number of aliphatic hydroxyl groups is 1. The van der Waals surface area contributed by atoms with Crippen molar-refractivity contribution in [3.05, 3.63) is 64.7 Å². The number of rotatable bonds is 7. The number of fused-ring (bicyclic) bond motifs is 2. The fourth-order valence-electron chi connectivity index (χ4n) is 4.68. The average Bonchev–Trinajstić information content (AvgIpc) is 3.59. The first kappa shape index (κ1) is 25.0. The summed E-state index contributed by atoms with van der Waals surface area (Å²) in [4.78, 5) is 26.0. The molecular weight excluding hydrogens is 473 g/mol. The van der Waals surface area contributed by atoms with Crippen LogP contribution < -0.4 is 21.3 Å². The molecule has 2 aliphatic rings. The maximum Gasteiger partial charge on any atom is 0.256 e. The number of aromatic nitrogens is 3. The highest BCUT2D eigenvalue weighted by atomic mass is 19.1. The Hall–Kier alpha value is -3.63. The molecule has 1 aromatic carbocycles. The lowest BCUT2D eigenvalue weighted by Crippen LogP contribution is -2.36. The molecule has 0 atom stereocenters. The highest BCUT2D eigenvalue weighted by Gasteiger charge is 2.46. The summed E-state index contributed by atoms with van der Waals surface area (Å²) in [5.41, 5.74) is 2.28. The van der Waals surface area contributed by atoms with Gasteiger partial charge in [0.2, 0.25) is 5.95 Å². The molecule has 37 heavy (non-hydrogen) atoms. The first-order valence-electron chi connectivity index (χ1n) is 12.5. The Labute approximate surface area is 215 Å². The number of hydrogen-bond acceptors (Lipinski definition) is 8. The first-order chi connectivity index (χ1) is 17.5. The quantitative estimate of drug-likeness (QED) is 0.326. The molecule has 2 aromatic heterocycles. The van der Waals surface area contributed by atoms with Crippen LogP contribution in [0.4, 0.5) is 27.7 Å². The summed E-state index contributed by atoms with van der Waals surface area (Å²) in [6.07, 6.45) is 4.72. The highest BCUT2D eigenvalue weighted by molar-refractivity contribution is 5.99. The lowest BCUT2D eigenvalue weighted by molar-refractivity contribution is 0.0696. The lowest BCUT2D eigenvalue weighted by atomic mass is 9.92. The van der Waals surface area contributed by atoms with E-state index in [-0.39, 0.29) is 40.4 Å². The Bertz CT molecular complexity index is 1350. The molecule has 0 bridgehead atoms. The van der Waals surface area contributed by atoms with E-state index in [0.717, 1.165) is 31.5 Å². The number of carbonyl (C=O) groups is 1. The molecule has 5 N–H and O–H groups in total. The Kier molecular flexibility index (Phi) is 6.33. The molecule has 1 saturated carbocycles. The summed E-state index contributed by atoms with van der Waals surface area (Å²) < 4.78 is 14.3. The molecule has 3 aromatic rings. The number of pyridine rings is 1. The van der Waals surface area contributed by atoms with Crippen molar-refractivity contribution >= 4 is 29.2 Å². The molecule has 5 rings (SSSR count). The highest BCUT2D eigenvalue weighted by Crippen LogP contribution is 2.48. The van der Waals surface area contributed by atoms with E-state index in [9.17, 15) is 14.3 Å². The number of hydrogen-bond donors (Lipinski definition) is 5. The van der Waals surface area contributed by atoms with Gasteiger partial charge in [0.05, 0.1) is 0 Å². The van der Waals surface area contributed by atoms with Crippen molar-refractivity contribution in [2.45, 2.75) is 64.1 Å². The van der Waals surface area contributed by atoms with E-state index in [1.807, 2.05) is 19.9 Å². The van der Waals surface area contributed by atoms with Gasteiger partial charge in [-0.1, -0.05) is 6.07 Å². The molecule has 194 valence electrons. The van der Waals surface area contributed by atoms with E-state index in [0.29, 0.717) is 5.95 Å². The van der Waals surface area contributed by atoms with E-state index in [1.54, 1.807) is 0 Å². The molecule has 1 spiro atoms. The maximum absolute atomic E-state index is 14.3. The second-order valence-corrected chi connectivity index (χ2v) is 10.6. The van der Waals surface area contributed by atoms with Crippen LogP contribution in [0.1, 0.15) is 67.7 Å². The second kappa shape index (κ2) is 9.35. The van der Waals surface area contributed by atoms with E-state index in [4.69, 9.17) is 0 Å². The van der Waals surface area contributed by atoms with Crippen LogP contribution in [-0.4, -0.2) is 38.6 Å². The summed E-state index contributed by atoms with van der Waals surface area (Å²) in [6.45, 7) is 7.58. The van der Waals surface area contributed by atoms with Gasteiger partial charge in [0.25, 0.3) is 5.91 Å². The van der Waals surface area contributed by atoms with Crippen LogP contribution in [0.25, 0.3) is 0 Å².